The van der Waals surface area contributed by atoms with E-state index >= 15 is 0 Å². The normalized spacial score (nSPS) is 11.7. The number of aromatic nitrogens is 1. The van der Waals surface area contributed by atoms with E-state index in [1.807, 2.05) is 31.2 Å². The molecule has 2 aromatic carbocycles. The SMILES string of the molecule is COc1ccccc1[C@H](C)N(C)C(=O)c1coc(COc2cccc(F)c2)n1. The fourth-order valence-electron chi connectivity index (χ4n) is 2.75. The second kappa shape index (κ2) is 8.56. The Balaban J connectivity index is 1.67. The lowest BCUT2D eigenvalue weighted by molar-refractivity contribution is 0.0735. The second-order valence-electron chi connectivity index (χ2n) is 6.21. The smallest absolute Gasteiger partial charge is 0.276 e. The molecule has 0 radical (unpaired) electrons. The van der Waals surface area contributed by atoms with E-state index in [2.05, 4.69) is 4.98 Å². The summed E-state index contributed by atoms with van der Waals surface area (Å²) < 4.78 is 29.3. The molecule has 28 heavy (non-hydrogen) atoms. The van der Waals surface area contributed by atoms with Gasteiger partial charge in [-0.3, -0.25) is 4.79 Å². The molecule has 0 aliphatic heterocycles. The molecule has 7 heteroatoms. The first kappa shape index (κ1) is 19.4. The molecule has 0 N–H and O–H groups in total. The van der Waals surface area contributed by atoms with Gasteiger partial charge in [-0.05, 0) is 25.1 Å². The predicted molar refractivity (Wildman–Crippen MR) is 101 cm³/mol. The summed E-state index contributed by atoms with van der Waals surface area (Å²) in [5, 5.41) is 0. The molecule has 146 valence electrons. The Morgan fingerprint density at radius 1 is 1.25 bits per heavy atom. The number of carbonyl (C=O) groups is 1. The number of rotatable bonds is 7. The highest BCUT2D eigenvalue weighted by Gasteiger charge is 2.24. The molecule has 1 atom stereocenters. The lowest BCUT2D eigenvalue weighted by Gasteiger charge is -2.25. The van der Waals surface area contributed by atoms with Crippen molar-refractivity contribution >= 4 is 5.91 Å². The molecule has 1 heterocycles. The van der Waals surface area contributed by atoms with E-state index < -0.39 is 5.82 Å². The van der Waals surface area contributed by atoms with Crippen LogP contribution in [0.3, 0.4) is 0 Å². The van der Waals surface area contributed by atoms with Gasteiger partial charge in [0.25, 0.3) is 5.91 Å². The monoisotopic (exact) mass is 384 g/mol. The first-order valence-electron chi connectivity index (χ1n) is 8.72. The highest BCUT2D eigenvalue weighted by atomic mass is 19.1. The van der Waals surface area contributed by atoms with Gasteiger partial charge in [0.05, 0.1) is 13.2 Å². The third kappa shape index (κ3) is 4.31. The Morgan fingerprint density at radius 2 is 2.04 bits per heavy atom. The Labute approximate surface area is 162 Å². The summed E-state index contributed by atoms with van der Waals surface area (Å²) in [6.07, 6.45) is 1.29. The van der Waals surface area contributed by atoms with Crippen molar-refractivity contribution in [2.24, 2.45) is 0 Å². The van der Waals surface area contributed by atoms with Crippen molar-refractivity contribution in [3.05, 3.63) is 77.8 Å². The lowest BCUT2D eigenvalue weighted by Crippen LogP contribution is -2.30. The molecule has 3 rings (SSSR count). The second-order valence-corrected chi connectivity index (χ2v) is 6.21. The van der Waals surface area contributed by atoms with Crippen molar-refractivity contribution in [1.29, 1.82) is 0 Å². The number of ether oxygens (including phenoxy) is 2. The summed E-state index contributed by atoms with van der Waals surface area (Å²) in [4.78, 5) is 18.5. The number of carbonyl (C=O) groups excluding carboxylic acids is 1. The first-order valence-corrected chi connectivity index (χ1v) is 8.72. The van der Waals surface area contributed by atoms with Crippen LogP contribution in [-0.4, -0.2) is 29.9 Å². The van der Waals surface area contributed by atoms with Crippen LogP contribution in [0, 0.1) is 5.82 Å². The number of nitrogens with zero attached hydrogens (tertiary/aromatic N) is 2. The number of hydrogen-bond acceptors (Lipinski definition) is 5. The van der Waals surface area contributed by atoms with Crippen LogP contribution in [0.25, 0.3) is 0 Å². The van der Waals surface area contributed by atoms with Gasteiger partial charge < -0.3 is 18.8 Å². The molecule has 0 spiro atoms. The number of para-hydroxylation sites is 1. The zero-order valence-electron chi connectivity index (χ0n) is 15.9. The van der Waals surface area contributed by atoms with Gasteiger partial charge in [0.2, 0.25) is 5.89 Å². The highest BCUT2D eigenvalue weighted by Crippen LogP contribution is 2.28. The maximum atomic E-state index is 13.2. The fourth-order valence-corrected chi connectivity index (χ4v) is 2.75. The van der Waals surface area contributed by atoms with Gasteiger partial charge in [0, 0.05) is 18.7 Å². The molecule has 1 aromatic heterocycles. The van der Waals surface area contributed by atoms with Gasteiger partial charge >= 0.3 is 0 Å². The average Bonchev–Trinajstić information content (AvgIpc) is 3.19. The molecule has 3 aromatic rings. The zero-order valence-corrected chi connectivity index (χ0v) is 15.9. The van der Waals surface area contributed by atoms with Crippen molar-refractivity contribution in [2.45, 2.75) is 19.6 Å². The highest BCUT2D eigenvalue weighted by molar-refractivity contribution is 5.92. The largest absolute Gasteiger partial charge is 0.496 e. The molecule has 0 bridgehead atoms. The van der Waals surface area contributed by atoms with E-state index in [1.54, 1.807) is 31.2 Å². The van der Waals surface area contributed by atoms with Gasteiger partial charge in [-0.25, -0.2) is 9.37 Å². The summed E-state index contributed by atoms with van der Waals surface area (Å²) in [6, 6.07) is 13.1. The minimum Gasteiger partial charge on any atom is -0.496 e. The molecule has 0 aliphatic rings. The summed E-state index contributed by atoms with van der Waals surface area (Å²) in [5.41, 5.74) is 1.06. The van der Waals surface area contributed by atoms with Crippen LogP contribution in [0.2, 0.25) is 0 Å². The Bertz CT molecular complexity index is 957. The number of methoxy groups -OCH3 is 1. The Hall–Kier alpha value is -3.35. The fraction of sp³-hybridized carbons (Fsp3) is 0.238. The van der Waals surface area contributed by atoms with Crippen LogP contribution < -0.4 is 9.47 Å². The molecule has 1 amide bonds. The van der Waals surface area contributed by atoms with Crippen LogP contribution in [-0.2, 0) is 6.61 Å². The predicted octanol–water partition coefficient (Wildman–Crippen LogP) is 4.23. The minimum absolute atomic E-state index is 0.0114. The average molecular weight is 384 g/mol. The van der Waals surface area contributed by atoms with Gasteiger partial charge in [-0.15, -0.1) is 0 Å². The Kier molecular flexibility index (Phi) is 5.93. The maximum absolute atomic E-state index is 13.2. The number of amides is 1. The van der Waals surface area contributed by atoms with E-state index in [-0.39, 0.29) is 30.1 Å². The van der Waals surface area contributed by atoms with E-state index in [9.17, 15) is 9.18 Å². The third-order valence-electron chi connectivity index (χ3n) is 4.42. The Morgan fingerprint density at radius 3 is 2.79 bits per heavy atom. The minimum atomic E-state index is -0.396. The van der Waals surface area contributed by atoms with Crippen molar-refractivity contribution < 1.29 is 23.1 Å². The van der Waals surface area contributed by atoms with E-state index in [0.717, 1.165) is 5.56 Å². The first-order chi connectivity index (χ1) is 13.5. The van der Waals surface area contributed by atoms with E-state index in [4.69, 9.17) is 13.9 Å². The standard InChI is InChI=1S/C21H21FN2O4/c1-14(17-9-4-5-10-19(17)26-3)24(2)21(25)18-12-28-20(23-18)13-27-16-8-6-7-15(22)11-16/h4-12,14H,13H2,1-3H3/t14-/m0/s1. The molecular weight excluding hydrogens is 363 g/mol. The quantitative estimate of drug-likeness (QED) is 0.610. The molecule has 0 unspecified atom stereocenters. The van der Waals surface area contributed by atoms with Crippen molar-refractivity contribution in [1.82, 2.24) is 9.88 Å². The van der Waals surface area contributed by atoms with Crippen molar-refractivity contribution in [3.8, 4) is 11.5 Å². The van der Waals surface area contributed by atoms with E-state index in [0.29, 0.717) is 11.5 Å². The van der Waals surface area contributed by atoms with Crippen molar-refractivity contribution in [2.75, 3.05) is 14.2 Å². The summed E-state index contributed by atoms with van der Waals surface area (Å²) in [5.74, 6) is 0.602. The van der Waals surface area contributed by atoms with Crippen LogP contribution >= 0.6 is 0 Å². The zero-order chi connectivity index (χ0) is 20.1. The number of oxazole rings is 1. The lowest BCUT2D eigenvalue weighted by atomic mass is 10.1. The molecule has 0 saturated heterocycles. The number of hydrogen-bond donors (Lipinski definition) is 0. The van der Waals surface area contributed by atoms with Crippen molar-refractivity contribution in [3.63, 3.8) is 0 Å². The van der Waals surface area contributed by atoms with Crippen LogP contribution in [0.15, 0.2) is 59.2 Å². The molecule has 0 fully saturated rings. The number of halogens is 1. The summed E-state index contributed by atoms with van der Waals surface area (Å²) in [6.45, 7) is 1.90. The third-order valence-corrected chi connectivity index (χ3v) is 4.42. The van der Waals surface area contributed by atoms with Gasteiger partial charge in [0.15, 0.2) is 12.3 Å². The van der Waals surface area contributed by atoms with Crippen LogP contribution in [0.1, 0.15) is 34.9 Å². The summed E-state index contributed by atoms with van der Waals surface area (Å²) in [7, 11) is 3.28. The van der Waals surface area contributed by atoms with Crippen LogP contribution in [0.5, 0.6) is 11.5 Å². The van der Waals surface area contributed by atoms with Crippen LogP contribution in [0.4, 0.5) is 4.39 Å². The topological polar surface area (TPSA) is 64.8 Å². The summed E-state index contributed by atoms with van der Waals surface area (Å²) >= 11 is 0. The van der Waals surface area contributed by atoms with Gasteiger partial charge in [-0.1, -0.05) is 24.3 Å². The number of benzene rings is 2. The maximum Gasteiger partial charge on any atom is 0.276 e. The molecule has 0 aliphatic carbocycles. The van der Waals surface area contributed by atoms with E-state index in [1.165, 1.54) is 18.4 Å². The van der Waals surface area contributed by atoms with Gasteiger partial charge in [0.1, 0.15) is 23.6 Å². The van der Waals surface area contributed by atoms with Gasteiger partial charge in [-0.2, -0.15) is 0 Å². The molecule has 6 nitrogen and oxygen atoms in total. The molecular formula is C21H21FN2O4. The molecule has 0 saturated carbocycles.